The number of carbonyl (C=O) groups excluding carboxylic acids is 1. The van der Waals surface area contributed by atoms with Gasteiger partial charge in [-0.05, 0) is 43.2 Å². The summed E-state index contributed by atoms with van der Waals surface area (Å²) in [5, 5.41) is 2.86. The molecule has 2 heterocycles. The van der Waals surface area contributed by atoms with Crippen molar-refractivity contribution in [2.75, 3.05) is 11.4 Å². The van der Waals surface area contributed by atoms with Gasteiger partial charge >= 0.3 is 0 Å². The number of anilines is 1. The van der Waals surface area contributed by atoms with E-state index in [2.05, 4.69) is 5.10 Å². The molecular formula is C19H16FN3O2. The molecule has 1 N–H and O–H groups in total. The number of hydrogen-bond acceptors (Lipinski definition) is 2. The largest absolute Gasteiger partial charge is 0.306 e. The van der Waals surface area contributed by atoms with Gasteiger partial charge in [0.15, 0.2) is 0 Å². The van der Waals surface area contributed by atoms with Crippen LogP contribution in [0.1, 0.15) is 21.6 Å². The van der Waals surface area contributed by atoms with E-state index in [9.17, 15) is 14.0 Å². The molecule has 1 aromatic heterocycles. The molecule has 0 aliphatic carbocycles. The van der Waals surface area contributed by atoms with E-state index < -0.39 is 0 Å². The van der Waals surface area contributed by atoms with Gasteiger partial charge in [0.2, 0.25) is 0 Å². The minimum Gasteiger partial charge on any atom is -0.306 e. The van der Waals surface area contributed by atoms with E-state index in [0.29, 0.717) is 24.3 Å². The minimum absolute atomic E-state index is 0.183. The standard InChI is InChI=1S/C19H16FN3O2/c1-12-2-6-15(7-3-12)23-18(24)11-16(21-23)19(25)22-9-8-13-4-5-14(20)10-17(13)22/h2-7,10-11,21H,8-9H2,1H3. The predicted molar refractivity (Wildman–Crippen MR) is 92.9 cm³/mol. The minimum atomic E-state index is -0.385. The summed E-state index contributed by atoms with van der Waals surface area (Å²) in [6.07, 6.45) is 0.671. The van der Waals surface area contributed by atoms with Crippen molar-refractivity contribution in [1.82, 2.24) is 9.78 Å². The number of H-pyrrole nitrogens is 1. The van der Waals surface area contributed by atoms with Crippen LogP contribution in [0.2, 0.25) is 0 Å². The zero-order valence-corrected chi connectivity index (χ0v) is 13.6. The summed E-state index contributed by atoms with van der Waals surface area (Å²) in [6.45, 7) is 2.43. The highest BCUT2D eigenvalue weighted by molar-refractivity contribution is 6.06. The Labute approximate surface area is 143 Å². The normalized spacial score (nSPS) is 13.1. The SMILES string of the molecule is Cc1ccc(-n2[nH]c(C(=O)N3CCc4ccc(F)cc43)cc2=O)cc1. The van der Waals surface area contributed by atoms with E-state index in [0.717, 1.165) is 11.1 Å². The molecule has 0 bridgehead atoms. The number of fused-ring (bicyclic) bond motifs is 1. The lowest BCUT2D eigenvalue weighted by Gasteiger charge is -2.16. The van der Waals surface area contributed by atoms with Gasteiger partial charge in [0.1, 0.15) is 11.5 Å². The van der Waals surface area contributed by atoms with E-state index in [1.165, 1.54) is 27.8 Å². The highest BCUT2D eigenvalue weighted by atomic mass is 19.1. The Morgan fingerprint density at radius 3 is 2.64 bits per heavy atom. The number of nitrogens with one attached hydrogen (secondary N) is 1. The number of aromatic nitrogens is 2. The molecule has 1 aliphatic heterocycles. The van der Waals surface area contributed by atoms with Crippen LogP contribution >= 0.6 is 0 Å². The summed E-state index contributed by atoms with van der Waals surface area (Å²) in [6, 6.07) is 13.1. The predicted octanol–water partition coefficient (Wildman–Crippen LogP) is 2.82. The van der Waals surface area contributed by atoms with Crippen molar-refractivity contribution in [2.45, 2.75) is 13.3 Å². The molecule has 0 saturated heterocycles. The molecule has 0 radical (unpaired) electrons. The molecule has 0 atom stereocenters. The first kappa shape index (κ1) is 15.4. The molecule has 0 spiro atoms. The van der Waals surface area contributed by atoms with E-state index in [-0.39, 0.29) is 23.0 Å². The van der Waals surface area contributed by atoms with Gasteiger partial charge in [-0.15, -0.1) is 0 Å². The lowest BCUT2D eigenvalue weighted by atomic mass is 10.2. The highest BCUT2D eigenvalue weighted by Gasteiger charge is 2.27. The molecule has 6 heteroatoms. The molecule has 0 unspecified atom stereocenters. The van der Waals surface area contributed by atoms with Crippen LogP contribution < -0.4 is 10.5 Å². The van der Waals surface area contributed by atoms with Gasteiger partial charge in [-0.1, -0.05) is 23.8 Å². The van der Waals surface area contributed by atoms with Crippen LogP contribution in [0, 0.1) is 12.7 Å². The van der Waals surface area contributed by atoms with Gasteiger partial charge in [0.05, 0.1) is 11.4 Å². The Morgan fingerprint density at radius 1 is 1.12 bits per heavy atom. The number of halogens is 1. The van der Waals surface area contributed by atoms with Crippen LogP contribution in [0.25, 0.3) is 5.69 Å². The van der Waals surface area contributed by atoms with E-state index >= 15 is 0 Å². The first-order valence-corrected chi connectivity index (χ1v) is 8.02. The zero-order valence-electron chi connectivity index (χ0n) is 13.6. The summed E-state index contributed by atoms with van der Waals surface area (Å²) in [5.74, 6) is -0.725. The molecule has 3 aromatic rings. The summed E-state index contributed by atoms with van der Waals surface area (Å²) in [4.78, 5) is 26.5. The number of benzene rings is 2. The number of aryl methyl sites for hydroxylation is 1. The van der Waals surface area contributed by atoms with Crippen molar-refractivity contribution in [1.29, 1.82) is 0 Å². The maximum Gasteiger partial charge on any atom is 0.276 e. The Balaban J connectivity index is 1.69. The highest BCUT2D eigenvalue weighted by Crippen LogP contribution is 2.29. The first-order valence-electron chi connectivity index (χ1n) is 8.02. The Hall–Kier alpha value is -3.15. The molecule has 1 amide bonds. The van der Waals surface area contributed by atoms with Gasteiger partial charge in [0.25, 0.3) is 11.5 Å². The quantitative estimate of drug-likeness (QED) is 0.782. The molecular weight excluding hydrogens is 321 g/mol. The topological polar surface area (TPSA) is 58.1 Å². The van der Waals surface area contributed by atoms with Crippen LogP contribution in [-0.2, 0) is 6.42 Å². The maximum atomic E-state index is 13.5. The lowest BCUT2D eigenvalue weighted by molar-refractivity contribution is 0.0984. The smallest absolute Gasteiger partial charge is 0.276 e. The van der Waals surface area contributed by atoms with Crippen LogP contribution in [0.15, 0.2) is 53.3 Å². The average Bonchev–Trinajstić information content (AvgIpc) is 3.18. The van der Waals surface area contributed by atoms with Crippen molar-refractivity contribution in [3.05, 3.63) is 81.5 Å². The maximum absolute atomic E-state index is 13.5. The van der Waals surface area contributed by atoms with Crippen LogP contribution in [0.3, 0.4) is 0 Å². The summed E-state index contributed by atoms with van der Waals surface area (Å²) < 4.78 is 14.9. The third kappa shape index (κ3) is 2.65. The molecule has 2 aromatic carbocycles. The van der Waals surface area contributed by atoms with Crippen LogP contribution in [-0.4, -0.2) is 22.2 Å². The fraction of sp³-hybridized carbons (Fsp3) is 0.158. The van der Waals surface area contributed by atoms with Crippen LogP contribution in [0.5, 0.6) is 0 Å². The first-order chi connectivity index (χ1) is 12.0. The monoisotopic (exact) mass is 337 g/mol. The van der Waals surface area contributed by atoms with Gasteiger partial charge in [-0.2, -0.15) is 0 Å². The molecule has 1 aliphatic rings. The van der Waals surface area contributed by atoms with E-state index in [1.54, 1.807) is 6.07 Å². The van der Waals surface area contributed by atoms with E-state index in [1.807, 2.05) is 31.2 Å². The van der Waals surface area contributed by atoms with Gasteiger partial charge in [-0.3, -0.25) is 14.7 Å². The van der Waals surface area contributed by atoms with Crippen molar-refractivity contribution in [3.63, 3.8) is 0 Å². The molecule has 0 saturated carbocycles. The van der Waals surface area contributed by atoms with Crippen molar-refractivity contribution in [3.8, 4) is 5.69 Å². The number of nitrogens with zero attached hydrogens (tertiary/aromatic N) is 2. The fourth-order valence-corrected chi connectivity index (χ4v) is 3.10. The fourth-order valence-electron chi connectivity index (χ4n) is 3.10. The third-order valence-electron chi connectivity index (χ3n) is 4.43. The number of carbonyl (C=O) groups is 1. The van der Waals surface area contributed by atoms with Gasteiger partial charge in [0, 0.05) is 12.6 Å². The molecule has 5 nitrogen and oxygen atoms in total. The molecule has 25 heavy (non-hydrogen) atoms. The molecule has 0 fully saturated rings. The van der Waals surface area contributed by atoms with Crippen molar-refractivity contribution in [2.24, 2.45) is 0 Å². The third-order valence-corrected chi connectivity index (χ3v) is 4.43. The summed E-state index contributed by atoms with van der Waals surface area (Å²) in [5.41, 5.74) is 3.09. The summed E-state index contributed by atoms with van der Waals surface area (Å²) in [7, 11) is 0. The van der Waals surface area contributed by atoms with Crippen molar-refractivity contribution >= 4 is 11.6 Å². The lowest BCUT2D eigenvalue weighted by Crippen LogP contribution is -2.29. The number of aromatic amines is 1. The number of rotatable bonds is 2. The second kappa shape index (κ2) is 5.73. The second-order valence-electron chi connectivity index (χ2n) is 6.16. The van der Waals surface area contributed by atoms with Crippen molar-refractivity contribution < 1.29 is 9.18 Å². The summed E-state index contributed by atoms with van der Waals surface area (Å²) >= 11 is 0. The molecule has 126 valence electrons. The second-order valence-corrected chi connectivity index (χ2v) is 6.16. The Kier molecular flexibility index (Phi) is 3.53. The van der Waals surface area contributed by atoms with E-state index in [4.69, 9.17) is 0 Å². The van der Waals surface area contributed by atoms with Gasteiger partial charge in [-0.25, -0.2) is 9.07 Å². The van der Waals surface area contributed by atoms with Gasteiger partial charge < -0.3 is 4.90 Å². The number of amides is 1. The number of hydrogen-bond donors (Lipinski definition) is 1. The zero-order chi connectivity index (χ0) is 17.6. The van der Waals surface area contributed by atoms with Crippen LogP contribution in [0.4, 0.5) is 10.1 Å². The molecule has 4 rings (SSSR count). The average molecular weight is 337 g/mol. The Morgan fingerprint density at radius 2 is 1.88 bits per heavy atom. The Bertz CT molecular complexity index is 1020.